The molecule has 1 unspecified atom stereocenters. The van der Waals surface area contributed by atoms with Crippen LogP contribution in [0.15, 0.2) is 54.6 Å². The molecule has 0 saturated carbocycles. The standard InChI is InChI=1S/C20H23NO2/c1-2-14-22-16-19(12-13-21)18-8-10-20(11-9-18)23-15-17-6-4-3-5-7-17/h3-11,19H,2,12,14-16H2,1H3. The van der Waals surface area contributed by atoms with Gasteiger partial charge >= 0.3 is 0 Å². The molecule has 120 valence electrons. The second-order valence-electron chi connectivity index (χ2n) is 5.48. The Kier molecular flexibility index (Phi) is 7.16. The van der Waals surface area contributed by atoms with Crippen LogP contribution in [0.2, 0.25) is 0 Å². The zero-order valence-electron chi connectivity index (χ0n) is 13.6. The normalized spacial score (nSPS) is 11.7. The smallest absolute Gasteiger partial charge is 0.119 e. The molecule has 23 heavy (non-hydrogen) atoms. The molecule has 1 atom stereocenters. The van der Waals surface area contributed by atoms with Gasteiger partial charge in [0.2, 0.25) is 0 Å². The van der Waals surface area contributed by atoms with Gasteiger partial charge in [-0.25, -0.2) is 0 Å². The fourth-order valence-electron chi connectivity index (χ4n) is 2.33. The highest BCUT2D eigenvalue weighted by Gasteiger charge is 2.11. The van der Waals surface area contributed by atoms with Crippen LogP contribution in [-0.2, 0) is 11.3 Å². The first-order valence-electron chi connectivity index (χ1n) is 8.05. The van der Waals surface area contributed by atoms with E-state index in [4.69, 9.17) is 14.7 Å². The molecule has 3 nitrogen and oxygen atoms in total. The van der Waals surface area contributed by atoms with E-state index in [2.05, 4.69) is 13.0 Å². The summed E-state index contributed by atoms with van der Waals surface area (Å²) in [5, 5.41) is 8.99. The maximum absolute atomic E-state index is 8.99. The van der Waals surface area contributed by atoms with Crippen molar-refractivity contribution < 1.29 is 9.47 Å². The summed E-state index contributed by atoms with van der Waals surface area (Å²) in [4.78, 5) is 0. The monoisotopic (exact) mass is 309 g/mol. The molecular formula is C20H23NO2. The van der Waals surface area contributed by atoms with Crippen LogP contribution in [0.25, 0.3) is 0 Å². The van der Waals surface area contributed by atoms with Crippen LogP contribution >= 0.6 is 0 Å². The Morgan fingerprint density at radius 3 is 2.43 bits per heavy atom. The lowest BCUT2D eigenvalue weighted by Gasteiger charge is -2.15. The first-order valence-corrected chi connectivity index (χ1v) is 8.05. The SMILES string of the molecule is CCCOCC(CC#N)c1ccc(OCc2ccccc2)cc1. The van der Waals surface area contributed by atoms with E-state index >= 15 is 0 Å². The van der Waals surface area contributed by atoms with Gasteiger partial charge in [-0.15, -0.1) is 0 Å². The Bertz CT molecular complexity index is 602. The summed E-state index contributed by atoms with van der Waals surface area (Å²) in [6.45, 7) is 3.96. The van der Waals surface area contributed by atoms with Gasteiger partial charge in [0.1, 0.15) is 12.4 Å². The molecule has 0 aromatic heterocycles. The molecule has 0 amide bonds. The van der Waals surface area contributed by atoms with E-state index in [9.17, 15) is 0 Å². The van der Waals surface area contributed by atoms with E-state index in [1.807, 2.05) is 54.6 Å². The lowest BCUT2D eigenvalue weighted by Crippen LogP contribution is -2.08. The summed E-state index contributed by atoms with van der Waals surface area (Å²) in [7, 11) is 0. The van der Waals surface area contributed by atoms with Crippen LogP contribution in [0, 0.1) is 11.3 Å². The van der Waals surface area contributed by atoms with E-state index < -0.39 is 0 Å². The van der Waals surface area contributed by atoms with E-state index in [0.29, 0.717) is 19.6 Å². The lowest BCUT2D eigenvalue weighted by atomic mass is 9.97. The quantitative estimate of drug-likeness (QED) is 0.631. The predicted molar refractivity (Wildman–Crippen MR) is 91.3 cm³/mol. The van der Waals surface area contributed by atoms with Crippen LogP contribution < -0.4 is 4.74 Å². The molecule has 2 aromatic carbocycles. The minimum absolute atomic E-state index is 0.120. The number of benzene rings is 2. The number of nitriles is 1. The zero-order valence-corrected chi connectivity index (χ0v) is 13.6. The van der Waals surface area contributed by atoms with Gasteiger partial charge in [-0.3, -0.25) is 0 Å². The number of nitrogens with zero attached hydrogens (tertiary/aromatic N) is 1. The highest BCUT2D eigenvalue weighted by Crippen LogP contribution is 2.23. The summed E-state index contributed by atoms with van der Waals surface area (Å²) in [5.74, 6) is 0.956. The third kappa shape index (κ3) is 5.77. The van der Waals surface area contributed by atoms with Crippen molar-refractivity contribution in [2.45, 2.75) is 32.3 Å². The van der Waals surface area contributed by atoms with Crippen LogP contribution in [0.1, 0.15) is 36.8 Å². The van der Waals surface area contributed by atoms with Gasteiger partial charge in [0.05, 0.1) is 12.7 Å². The van der Waals surface area contributed by atoms with E-state index in [-0.39, 0.29) is 5.92 Å². The molecule has 0 saturated heterocycles. The van der Waals surface area contributed by atoms with Gasteiger partial charge in [0.25, 0.3) is 0 Å². The number of hydrogen-bond donors (Lipinski definition) is 0. The van der Waals surface area contributed by atoms with Gasteiger partial charge in [-0.05, 0) is 29.7 Å². The van der Waals surface area contributed by atoms with Crippen LogP contribution in [-0.4, -0.2) is 13.2 Å². The van der Waals surface area contributed by atoms with Crippen molar-refractivity contribution in [3.8, 4) is 11.8 Å². The second-order valence-corrected chi connectivity index (χ2v) is 5.48. The van der Waals surface area contributed by atoms with Crippen molar-refractivity contribution in [2.75, 3.05) is 13.2 Å². The molecular weight excluding hydrogens is 286 g/mol. The number of hydrogen-bond acceptors (Lipinski definition) is 3. The maximum atomic E-state index is 8.99. The molecule has 0 aliphatic rings. The number of rotatable bonds is 9. The summed E-state index contributed by atoms with van der Waals surface area (Å²) in [6.07, 6.45) is 1.46. The first kappa shape index (κ1) is 17.1. The van der Waals surface area contributed by atoms with Gasteiger partial charge in [-0.1, -0.05) is 49.4 Å². The van der Waals surface area contributed by atoms with E-state index in [0.717, 1.165) is 29.9 Å². The Morgan fingerprint density at radius 1 is 1.04 bits per heavy atom. The van der Waals surface area contributed by atoms with Gasteiger partial charge in [-0.2, -0.15) is 5.26 Å². The van der Waals surface area contributed by atoms with Crippen molar-refractivity contribution in [1.29, 1.82) is 5.26 Å². The Hall–Kier alpha value is -2.31. The minimum atomic E-state index is 0.120. The van der Waals surface area contributed by atoms with Crippen molar-refractivity contribution in [3.05, 3.63) is 65.7 Å². The van der Waals surface area contributed by atoms with Gasteiger partial charge in [0, 0.05) is 18.9 Å². The molecule has 0 N–H and O–H groups in total. The molecule has 3 heteroatoms. The third-order valence-electron chi connectivity index (χ3n) is 3.61. The summed E-state index contributed by atoms with van der Waals surface area (Å²) in [5.41, 5.74) is 2.27. The fourth-order valence-corrected chi connectivity index (χ4v) is 2.33. The van der Waals surface area contributed by atoms with Gasteiger partial charge < -0.3 is 9.47 Å². The van der Waals surface area contributed by atoms with Crippen molar-refractivity contribution in [1.82, 2.24) is 0 Å². The molecule has 0 heterocycles. The molecule has 2 rings (SSSR count). The average Bonchev–Trinajstić information content (AvgIpc) is 2.61. The van der Waals surface area contributed by atoms with Crippen LogP contribution in [0.3, 0.4) is 0 Å². The maximum Gasteiger partial charge on any atom is 0.119 e. The average molecular weight is 309 g/mol. The topological polar surface area (TPSA) is 42.2 Å². The Balaban J connectivity index is 1.92. The zero-order chi connectivity index (χ0) is 16.3. The third-order valence-corrected chi connectivity index (χ3v) is 3.61. The molecule has 0 aliphatic carbocycles. The largest absolute Gasteiger partial charge is 0.489 e. The molecule has 0 radical (unpaired) electrons. The van der Waals surface area contributed by atoms with Crippen LogP contribution in [0.4, 0.5) is 0 Å². The minimum Gasteiger partial charge on any atom is -0.489 e. The van der Waals surface area contributed by atoms with E-state index in [1.165, 1.54) is 0 Å². The van der Waals surface area contributed by atoms with Crippen molar-refractivity contribution in [2.24, 2.45) is 0 Å². The summed E-state index contributed by atoms with van der Waals surface area (Å²) >= 11 is 0. The lowest BCUT2D eigenvalue weighted by molar-refractivity contribution is 0.121. The van der Waals surface area contributed by atoms with E-state index in [1.54, 1.807) is 0 Å². The number of ether oxygens (including phenoxy) is 2. The van der Waals surface area contributed by atoms with Crippen LogP contribution in [0.5, 0.6) is 5.75 Å². The van der Waals surface area contributed by atoms with Crippen molar-refractivity contribution in [3.63, 3.8) is 0 Å². The fraction of sp³-hybridized carbons (Fsp3) is 0.350. The molecule has 0 bridgehead atoms. The first-order chi connectivity index (χ1) is 11.3. The summed E-state index contributed by atoms with van der Waals surface area (Å²) in [6, 6.07) is 20.3. The van der Waals surface area contributed by atoms with Crippen molar-refractivity contribution >= 4 is 0 Å². The Morgan fingerprint density at radius 2 is 1.78 bits per heavy atom. The second kappa shape index (κ2) is 9.66. The molecule has 0 aliphatic heterocycles. The molecule has 0 spiro atoms. The predicted octanol–water partition coefficient (Wildman–Crippen LogP) is 4.69. The van der Waals surface area contributed by atoms with Gasteiger partial charge in [0.15, 0.2) is 0 Å². The Labute approximate surface area is 138 Å². The summed E-state index contributed by atoms with van der Waals surface area (Å²) < 4.78 is 11.4. The highest BCUT2D eigenvalue weighted by molar-refractivity contribution is 5.30. The molecule has 0 fully saturated rings. The highest BCUT2D eigenvalue weighted by atomic mass is 16.5. The molecule has 2 aromatic rings.